The highest BCUT2D eigenvalue weighted by atomic mass is 127. The van der Waals surface area contributed by atoms with Gasteiger partial charge in [0.25, 0.3) is 0 Å². The van der Waals surface area contributed by atoms with Gasteiger partial charge in [0.1, 0.15) is 5.69 Å². The first kappa shape index (κ1) is 27.1. The van der Waals surface area contributed by atoms with Gasteiger partial charge in [0, 0.05) is 25.0 Å². The van der Waals surface area contributed by atoms with Crippen LogP contribution < -0.4 is 16.0 Å². The fourth-order valence-corrected chi connectivity index (χ4v) is 4.78. The van der Waals surface area contributed by atoms with Crippen LogP contribution in [-0.2, 0) is 11.0 Å². The van der Waals surface area contributed by atoms with E-state index in [1.54, 1.807) is 13.2 Å². The second-order valence-corrected chi connectivity index (χ2v) is 10.2. The van der Waals surface area contributed by atoms with Crippen molar-refractivity contribution >= 4 is 51.8 Å². The second-order valence-electron chi connectivity index (χ2n) is 9.05. The number of carbonyl (C=O) groups excluding carboxylic acids is 1. The molecule has 4 rings (SSSR count). The minimum absolute atomic E-state index is 0.00707. The van der Waals surface area contributed by atoms with Gasteiger partial charge in [-0.15, -0.1) is 0 Å². The average molecular weight is 628 g/mol. The molecular formula is C24H28F3IN8O. The smallest absolute Gasteiger partial charge is 0.358 e. The first-order valence-corrected chi connectivity index (χ1v) is 12.8. The fourth-order valence-electron chi connectivity index (χ4n) is 4.38. The molecule has 13 heteroatoms. The minimum atomic E-state index is -4.51. The van der Waals surface area contributed by atoms with E-state index in [1.165, 1.54) is 5.56 Å². The number of benzene rings is 1. The molecule has 0 saturated carbocycles. The third-order valence-corrected chi connectivity index (χ3v) is 7.20. The van der Waals surface area contributed by atoms with Crippen molar-refractivity contribution in [3.05, 3.63) is 50.4 Å². The van der Waals surface area contributed by atoms with Crippen molar-refractivity contribution in [3.63, 3.8) is 0 Å². The van der Waals surface area contributed by atoms with E-state index in [1.807, 2.05) is 34.6 Å². The monoisotopic (exact) mass is 628 g/mol. The number of amides is 1. The number of nitrogens with one attached hydrogen (secondary N) is 4. The molecule has 37 heavy (non-hydrogen) atoms. The van der Waals surface area contributed by atoms with Gasteiger partial charge in [-0.25, -0.2) is 4.98 Å². The maximum absolute atomic E-state index is 12.9. The van der Waals surface area contributed by atoms with Crippen molar-refractivity contribution in [2.75, 3.05) is 37.3 Å². The second kappa shape index (κ2) is 11.2. The molecule has 3 aromatic rings. The van der Waals surface area contributed by atoms with Gasteiger partial charge >= 0.3 is 6.18 Å². The Bertz CT molecular complexity index is 1270. The molecule has 1 aliphatic rings. The lowest BCUT2D eigenvalue weighted by molar-refractivity contribution is -0.141. The number of aromatic nitrogens is 4. The number of hydrogen-bond acceptors (Lipinski definition) is 7. The Morgan fingerprint density at radius 2 is 1.89 bits per heavy atom. The highest BCUT2D eigenvalue weighted by molar-refractivity contribution is 14.1. The summed E-state index contributed by atoms with van der Waals surface area (Å²) in [7, 11) is 1.65. The van der Waals surface area contributed by atoms with Crippen LogP contribution in [0.25, 0.3) is 0 Å². The number of rotatable bonds is 7. The number of aryl methyl sites for hydroxylation is 2. The molecule has 0 spiro atoms. The number of carbonyl (C=O) groups is 1. The molecule has 0 aliphatic carbocycles. The maximum atomic E-state index is 12.9. The molecule has 0 unspecified atom stereocenters. The summed E-state index contributed by atoms with van der Waals surface area (Å²) in [6.45, 7) is 6.28. The van der Waals surface area contributed by atoms with Gasteiger partial charge in [0.2, 0.25) is 11.9 Å². The van der Waals surface area contributed by atoms with Crippen LogP contribution in [0.5, 0.6) is 0 Å². The number of nitrogens with zero attached hydrogens (tertiary/aromatic N) is 4. The standard InChI is InChI=1S/C24H28F3IN8O/c1-13-9-18(14(2)8-16(13)15-4-6-36(7-5-15)12-21(37)29-3)31-23-30-11-17(28)22(33-23)32-20-10-19(34-35-20)24(25,26)27/h8-11,15H,4-7,12H2,1-3H3,(H,29,37)(H3,30,31,32,33,34,35). The quantitative estimate of drug-likeness (QED) is 0.277. The van der Waals surface area contributed by atoms with Gasteiger partial charge in [0.15, 0.2) is 11.6 Å². The number of halogens is 4. The van der Waals surface area contributed by atoms with E-state index in [0.717, 1.165) is 48.8 Å². The van der Waals surface area contributed by atoms with E-state index >= 15 is 0 Å². The van der Waals surface area contributed by atoms with Crippen molar-refractivity contribution in [2.45, 2.75) is 38.8 Å². The molecule has 9 nitrogen and oxygen atoms in total. The van der Waals surface area contributed by atoms with E-state index in [9.17, 15) is 18.0 Å². The van der Waals surface area contributed by atoms with Crippen LogP contribution in [0.4, 0.5) is 36.4 Å². The summed E-state index contributed by atoms with van der Waals surface area (Å²) in [5.41, 5.74) is 3.39. The van der Waals surface area contributed by atoms with Crippen molar-refractivity contribution < 1.29 is 18.0 Å². The Kier molecular flexibility index (Phi) is 8.21. The number of aromatic amines is 1. The number of likely N-dealkylation sites (tertiary alicyclic amines) is 1. The van der Waals surface area contributed by atoms with Gasteiger partial charge in [0.05, 0.1) is 10.1 Å². The summed E-state index contributed by atoms with van der Waals surface area (Å²) >= 11 is 2.01. The topological polar surface area (TPSA) is 111 Å². The molecule has 0 atom stereocenters. The van der Waals surface area contributed by atoms with E-state index in [4.69, 9.17) is 0 Å². The zero-order valence-electron chi connectivity index (χ0n) is 20.6. The number of piperidine rings is 1. The molecule has 198 valence electrons. The maximum Gasteiger partial charge on any atom is 0.432 e. The molecule has 0 radical (unpaired) electrons. The van der Waals surface area contributed by atoms with E-state index in [0.29, 0.717) is 27.8 Å². The zero-order chi connectivity index (χ0) is 26.7. The first-order chi connectivity index (χ1) is 17.5. The van der Waals surface area contributed by atoms with Crippen molar-refractivity contribution in [1.82, 2.24) is 30.4 Å². The molecule has 0 bridgehead atoms. The first-order valence-electron chi connectivity index (χ1n) is 11.8. The van der Waals surface area contributed by atoms with Crippen LogP contribution in [0.3, 0.4) is 0 Å². The Morgan fingerprint density at radius 1 is 1.16 bits per heavy atom. The lowest BCUT2D eigenvalue weighted by Crippen LogP contribution is -2.40. The predicted octanol–water partition coefficient (Wildman–Crippen LogP) is 4.85. The van der Waals surface area contributed by atoms with Gasteiger partial charge in [-0.3, -0.25) is 14.8 Å². The molecule has 1 aliphatic heterocycles. The summed E-state index contributed by atoms with van der Waals surface area (Å²) in [5.74, 6) is 1.12. The highest BCUT2D eigenvalue weighted by Crippen LogP contribution is 2.34. The molecule has 1 aromatic carbocycles. The lowest BCUT2D eigenvalue weighted by atomic mass is 9.85. The largest absolute Gasteiger partial charge is 0.432 e. The van der Waals surface area contributed by atoms with Crippen LogP contribution in [0, 0.1) is 17.4 Å². The summed E-state index contributed by atoms with van der Waals surface area (Å²) in [6.07, 6.45) is -0.952. The van der Waals surface area contributed by atoms with Gasteiger partial charge in [-0.2, -0.15) is 23.3 Å². The number of H-pyrrole nitrogens is 1. The van der Waals surface area contributed by atoms with Gasteiger partial charge in [-0.1, -0.05) is 6.07 Å². The van der Waals surface area contributed by atoms with Crippen LogP contribution in [0.15, 0.2) is 24.4 Å². The molecule has 3 heterocycles. The number of likely N-dealkylation sites (N-methyl/N-ethyl adjacent to an activating group) is 1. The van der Waals surface area contributed by atoms with Gasteiger partial charge < -0.3 is 16.0 Å². The highest BCUT2D eigenvalue weighted by Gasteiger charge is 2.33. The van der Waals surface area contributed by atoms with Crippen LogP contribution >= 0.6 is 22.6 Å². The SMILES string of the molecule is CNC(=O)CN1CCC(c2cc(C)c(Nc3ncc(I)c(Nc4cc(C(F)(F)F)[nH]n4)n3)cc2C)CC1. The number of alkyl halides is 3. The fraction of sp³-hybridized carbons (Fsp3) is 0.417. The minimum Gasteiger partial charge on any atom is -0.358 e. The molecule has 2 aromatic heterocycles. The van der Waals surface area contributed by atoms with Crippen molar-refractivity contribution in [3.8, 4) is 0 Å². The summed E-state index contributed by atoms with van der Waals surface area (Å²) < 4.78 is 39.2. The van der Waals surface area contributed by atoms with E-state index < -0.39 is 11.9 Å². The van der Waals surface area contributed by atoms with Crippen molar-refractivity contribution in [1.29, 1.82) is 0 Å². The van der Waals surface area contributed by atoms with Crippen LogP contribution in [-0.4, -0.2) is 57.7 Å². The molecular weight excluding hydrogens is 600 g/mol. The number of anilines is 4. The van der Waals surface area contributed by atoms with Gasteiger partial charge in [-0.05, 0) is 91.0 Å². The Balaban J connectivity index is 1.45. The average Bonchev–Trinajstić information content (AvgIpc) is 3.33. The lowest BCUT2D eigenvalue weighted by Gasteiger charge is -2.32. The molecule has 1 saturated heterocycles. The summed E-state index contributed by atoms with van der Waals surface area (Å²) in [6, 6.07) is 5.14. The van der Waals surface area contributed by atoms with E-state index in [2.05, 4.69) is 55.0 Å². The molecule has 1 amide bonds. The normalized spacial score (nSPS) is 15.0. The molecule has 4 N–H and O–H groups in total. The number of hydrogen-bond donors (Lipinski definition) is 4. The summed E-state index contributed by atoms with van der Waals surface area (Å²) in [4.78, 5) is 22.6. The van der Waals surface area contributed by atoms with Crippen LogP contribution in [0.1, 0.15) is 41.1 Å². The van der Waals surface area contributed by atoms with Crippen LogP contribution in [0.2, 0.25) is 0 Å². The molecule has 1 fully saturated rings. The summed E-state index contributed by atoms with van der Waals surface area (Å²) in [5, 5.41) is 14.4. The zero-order valence-corrected chi connectivity index (χ0v) is 22.8. The Labute approximate surface area is 226 Å². The van der Waals surface area contributed by atoms with E-state index in [-0.39, 0.29) is 11.7 Å². The third-order valence-electron chi connectivity index (χ3n) is 6.41. The van der Waals surface area contributed by atoms with Crippen molar-refractivity contribution in [2.24, 2.45) is 0 Å². The Morgan fingerprint density at radius 3 is 2.54 bits per heavy atom. The predicted molar refractivity (Wildman–Crippen MR) is 143 cm³/mol. The Hall–Kier alpha value is -2.94. The third kappa shape index (κ3) is 6.69.